The van der Waals surface area contributed by atoms with Gasteiger partial charge in [-0.15, -0.1) is 0 Å². The zero-order valence-electron chi connectivity index (χ0n) is 18.3. The quantitative estimate of drug-likeness (QED) is 0.788. The molecule has 2 aliphatic heterocycles. The molecule has 4 rings (SSSR count). The smallest absolute Gasteiger partial charge is 0.256 e. The summed E-state index contributed by atoms with van der Waals surface area (Å²) in [4.78, 5) is 22.3. The first-order valence-electron chi connectivity index (χ1n) is 10.5. The third-order valence-corrected chi connectivity index (χ3v) is 6.95. The number of amides is 1. The van der Waals surface area contributed by atoms with Crippen molar-refractivity contribution in [3.05, 3.63) is 57.9 Å². The molecule has 1 aromatic heterocycles. The van der Waals surface area contributed by atoms with Gasteiger partial charge < -0.3 is 9.64 Å². The van der Waals surface area contributed by atoms with Crippen molar-refractivity contribution in [3.8, 4) is 5.75 Å². The van der Waals surface area contributed by atoms with E-state index in [-0.39, 0.29) is 11.9 Å². The molecule has 0 N–H and O–H groups in total. The molecular formula is C24H31N3O2. The normalized spacial score (nSPS) is 22.2. The predicted molar refractivity (Wildman–Crippen MR) is 115 cm³/mol. The number of piperazine rings is 1. The molecule has 2 aliphatic rings. The second kappa shape index (κ2) is 7.45. The van der Waals surface area contributed by atoms with Crippen molar-refractivity contribution in [1.82, 2.24) is 14.8 Å². The van der Waals surface area contributed by atoms with Crippen LogP contribution in [0, 0.1) is 27.7 Å². The lowest BCUT2D eigenvalue weighted by molar-refractivity contribution is 0.0567. The standard InChI is InChI=1S/C24H31N3O2/c1-14-7-8-22(17(4)25-14)24(28)27-13-19-11-20(27)12-26(19)18(5)21-9-10-23(29-6)16(3)15(21)2/h7-10,18-20H,11-13H2,1-6H3/t18-,19+,20+/m0/s1. The predicted octanol–water partition coefficient (Wildman–Crippen LogP) is 3.98. The van der Waals surface area contributed by atoms with E-state index >= 15 is 0 Å². The number of likely N-dealkylation sites (tertiary alicyclic amines) is 2. The van der Waals surface area contributed by atoms with E-state index in [2.05, 4.69) is 47.7 Å². The van der Waals surface area contributed by atoms with E-state index in [0.717, 1.165) is 42.2 Å². The third kappa shape index (κ3) is 3.31. The van der Waals surface area contributed by atoms with Crippen LogP contribution >= 0.6 is 0 Å². The summed E-state index contributed by atoms with van der Waals surface area (Å²) in [6, 6.07) is 9.16. The van der Waals surface area contributed by atoms with Gasteiger partial charge >= 0.3 is 0 Å². The molecule has 3 heterocycles. The van der Waals surface area contributed by atoms with Crippen molar-refractivity contribution >= 4 is 5.91 Å². The van der Waals surface area contributed by atoms with Crippen LogP contribution in [0.1, 0.15) is 57.8 Å². The van der Waals surface area contributed by atoms with Gasteiger partial charge in [0.05, 0.1) is 18.4 Å². The van der Waals surface area contributed by atoms with Crippen molar-refractivity contribution in [2.24, 2.45) is 0 Å². The number of aryl methyl sites for hydroxylation is 2. The minimum absolute atomic E-state index is 0.131. The minimum atomic E-state index is 0.131. The molecule has 5 nitrogen and oxygen atoms in total. The highest BCUT2D eigenvalue weighted by Crippen LogP contribution is 2.39. The summed E-state index contributed by atoms with van der Waals surface area (Å²) in [6.45, 7) is 12.2. The Bertz CT molecular complexity index is 955. The number of rotatable bonds is 4. The van der Waals surface area contributed by atoms with Gasteiger partial charge in [-0.05, 0) is 75.9 Å². The summed E-state index contributed by atoms with van der Waals surface area (Å²) in [5, 5.41) is 0. The molecule has 0 radical (unpaired) electrons. The van der Waals surface area contributed by atoms with Crippen LogP contribution in [-0.2, 0) is 0 Å². The summed E-state index contributed by atoms with van der Waals surface area (Å²) in [7, 11) is 1.72. The maximum atomic E-state index is 13.1. The van der Waals surface area contributed by atoms with Gasteiger partial charge in [-0.3, -0.25) is 14.7 Å². The minimum Gasteiger partial charge on any atom is -0.496 e. The molecule has 0 saturated carbocycles. The average molecular weight is 394 g/mol. The molecule has 0 unspecified atom stereocenters. The van der Waals surface area contributed by atoms with Gasteiger partial charge in [0.1, 0.15) is 5.75 Å². The van der Waals surface area contributed by atoms with Gasteiger partial charge in [-0.1, -0.05) is 6.07 Å². The Hall–Kier alpha value is -2.40. The lowest BCUT2D eigenvalue weighted by atomic mass is 9.96. The molecule has 1 aromatic carbocycles. The number of hydrogen-bond donors (Lipinski definition) is 0. The summed E-state index contributed by atoms with van der Waals surface area (Å²) in [6.07, 6.45) is 1.06. The number of aromatic nitrogens is 1. The Balaban J connectivity index is 1.51. The molecule has 0 aliphatic carbocycles. The van der Waals surface area contributed by atoms with Crippen molar-refractivity contribution in [1.29, 1.82) is 0 Å². The molecular weight excluding hydrogens is 362 g/mol. The van der Waals surface area contributed by atoms with Gasteiger partial charge in [0, 0.05) is 36.9 Å². The van der Waals surface area contributed by atoms with Crippen LogP contribution in [0.3, 0.4) is 0 Å². The Morgan fingerprint density at radius 2 is 1.83 bits per heavy atom. The van der Waals surface area contributed by atoms with Crippen molar-refractivity contribution in [2.75, 3.05) is 20.2 Å². The van der Waals surface area contributed by atoms with Crippen molar-refractivity contribution in [3.63, 3.8) is 0 Å². The van der Waals surface area contributed by atoms with Crippen LogP contribution < -0.4 is 4.74 Å². The number of ether oxygens (including phenoxy) is 1. The lowest BCUT2D eigenvalue weighted by Gasteiger charge is -2.38. The Morgan fingerprint density at radius 1 is 1.07 bits per heavy atom. The Kier molecular flexibility index (Phi) is 5.11. The molecule has 29 heavy (non-hydrogen) atoms. The average Bonchev–Trinajstić information content (AvgIpc) is 3.30. The molecule has 2 aromatic rings. The summed E-state index contributed by atoms with van der Waals surface area (Å²) >= 11 is 0. The van der Waals surface area contributed by atoms with Gasteiger partial charge in [-0.25, -0.2) is 0 Å². The van der Waals surface area contributed by atoms with Crippen LogP contribution in [0.2, 0.25) is 0 Å². The monoisotopic (exact) mass is 393 g/mol. The number of carbonyl (C=O) groups excluding carboxylic acids is 1. The summed E-state index contributed by atoms with van der Waals surface area (Å²) in [5.41, 5.74) is 6.38. The second-order valence-electron chi connectivity index (χ2n) is 8.57. The summed E-state index contributed by atoms with van der Waals surface area (Å²) < 4.78 is 5.47. The van der Waals surface area contributed by atoms with Gasteiger partial charge in [0.15, 0.2) is 0 Å². The molecule has 3 atom stereocenters. The SMILES string of the molecule is COc1ccc([C@H](C)N2C[C@H]3C[C@@H]2CN3C(=O)c2ccc(C)nc2C)c(C)c1C. The van der Waals surface area contributed by atoms with E-state index in [1.807, 2.05) is 26.0 Å². The molecule has 154 valence electrons. The van der Waals surface area contributed by atoms with E-state index in [1.54, 1.807) is 7.11 Å². The fraction of sp³-hybridized carbons (Fsp3) is 0.500. The van der Waals surface area contributed by atoms with Crippen molar-refractivity contribution in [2.45, 2.75) is 59.2 Å². The first-order valence-corrected chi connectivity index (χ1v) is 10.5. The molecule has 0 spiro atoms. The summed E-state index contributed by atoms with van der Waals surface area (Å²) in [5.74, 6) is 1.08. The molecule has 5 heteroatoms. The topological polar surface area (TPSA) is 45.7 Å². The highest BCUT2D eigenvalue weighted by Gasteiger charge is 2.47. The molecule has 1 amide bonds. The van der Waals surface area contributed by atoms with E-state index in [1.165, 1.54) is 16.7 Å². The number of carbonyl (C=O) groups is 1. The molecule has 2 fully saturated rings. The van der Waals surface area contributed by atoms with Crippen LogP contribution in [0.15, 0.2) is 24.3 Å². The number of pyridine rings is 1. The zero-order valence-corrected chi connectivity index (χ0v) is 18.3. The van der Waals surface area contributed by atoms with E-state index in [4.69, 9.17) is 4.74 Å². The molecule has 2 saturated heterocycles. The lowest BCUT2D eigenvalue weighted by Crippen LogP contribution is -2.49. The second-order valence-corrected chi connectivity index (χ2v) is 8.57. The van der Waals surface area contributed by atoms with Crippen LogP contribution in [0.5, 0.6) is 5.75 Å². The number of fused-ring (bicyclic) bond motifs is 2. The van der Waals surface area contributed by atoms with Gasteiger partial charge in [0.25, 0.3) is 5.91 Å². The number of hydrogen-bond acceptors (Lipinski definition) is 4. The fourth-order valence-corrected chi connectivity index (χ4v) is 5.16. The highest BCUT2D eigenvalue weighted by molar-refractivity contribution is 5.95. The maximum Gasteiger partial charge on any atom is 0.256 e. The van der Waals surface area contributed by atoms with Gasteiger partial charge in [0.2, 0.25) is 0 Å². The maximum absolute atomic E-state index is 13.1. The molecule has 2 bridgehead atoms. The van der Waals surface area contributed by atoms with Crippen molar-refractivity contribution < 1.29 is 9.53 Å². The highest BCUT2D eigenvalue weighted by atomic mass is 16.5. The fourth-order valence-electron chi connectivity index (χ4n) is 5.16. The van der Waals surface area contributed by atoms with Gasteiger partial charge in [-0.2, -0.15) is 0 Å². The third-order valence-electron chi connectivity index (χ3n) is 6.95. The Labute approximate surface area is 173 Å². The van der Waals surface area contributed by atoms with E-state index in [9.17, 15) is 4.79 Å². The van der Waals surface area contributed by atoms with E-state index in [0.29, 0.717) is 12.1 Å². The van der Waals surface area contributed by atoms with Crippen LogP contribution in [0.25, 0.3) is 0 Å². The zero-order chi connectivity index (χ0) is 20.9. The first-order chi connectivity index (χ1) is 13.8. The van der Waals surface area contributed by atoms with E-state index < -0.39 is 0 Å². The first kappa shape index (κ1) is 19.9. The number of benzene rings is 1. The van der Waals surface area contributed by atoms with Crippen LogP contribution in [-0.4, -0.2) is 53.0 Å². The number of nitrogens with zero attached hydrogens (tertiary/aromatic N) is 3. The Morgan fingerprint density at radius 3 is 2.45 bits per heavy atom. The van der Waals surface area contributed by atoms with Crippen LogP contribution in [0.4, 0.5) is 0 Å². The largest absolute Gasteiger partial charge is 0.496 e. The number of methoxy groups -OCH3 is 1.